The molecule has 98 valence electrons. The predicted octanol–water partition coefficient (Wildman–Crippen LogP) is 3.07. The number of hydrogen-bond acceptors (Lipinski definition) is 4. The van der Waals surface area contributed by atoms with E-state index >= 15 is 0 Å². The van der Waals surface area contributed by atoms with Crippen molar-refractivity contribution in [3.8, 4) is 11.5 Å². The quantitative estimate of drug-likeness (QED) is 0.936. The van der Waals surface area contributed by atoms with Crippen LogP contribution in [0, 0.1) is 12.7 Å². The Morgan fingerprint density at radius 3 is 2.84 bits per heavy atom. The van der Waals surface area contributed by atoms with Crippen molar-refractivity contribution in [2.75, 3.05) is 0 Å². The first-order valence-electron chi connectivity index (χ1n) is 5.18. The van der Waals surface area contributed by atoms with E-state index in [0.29, 0.717) is 0 Å². The van der Waals surface area contributed by atoms with Gasteiger partial charge in [-0.2, -0.15) is 10.2 Å². The summed E-state index contributed by atoms with van der Waals surface area (Å²) in [5.74, 6) is -2.27. The van der Waals surface area contributed by atoms with Crippen molar-refractivity contribution in [3.63, 3.8) is 0 Å². The van der Waals surface area contributed by atoms with Crippen LogP contribution in [0.2, 0.25) is 5.02 Å². The first-order valence-corrected chi connectivity index (χ1v) is 5.56. The topological polar surface area (TPSA) is 72.3 Å². The monoisotopic (exact) mass is 282 g/mol. The van der Waals surface area contributed by atoms with Crippen LogP contribution in [0.15, 0.2) is 24.4 Å². The highest BCUT2D eigenvalue weighted by molar-refractivity contribution is 6.30. The van der Waals surface area contributed by atoms with Crippen LogP contribution in [0.25, 0.3) is 0 Å². The third-order valence-electron chi connectivity index (χ3n) is 2.34. The van der Waals surface area contributed by atoms with Gasteiger partial charge in [0.15, 0.2) is 17.3 Å². The van der Waals surface area contributed by atoms with Crippen LogP contribution >= 0.6 is 11.6 Å². The Balaban J connectivity index is 2.47. The van der Waals surface area contributed by atoms with Gasteiger partial charge in [-0.05, 0) is 19.1 Å². The number of aromatic carboxylic acids is 1. The van der Waals surface area contributed by atoms with Crippen LogP contribution in [0.1, 0.15) is 16.1 Å². The number of hydrogen-bond donors (Lipinski definition) is 1. The Bertz CT molecular complexity index is 649. The van der Waals surface area contributed by atoms with Gasteiger partial charge in [0.2, 0.25) is 0 Å². The molecule has 1 aromatic carbocycles. The molecule has 0 aliphatic carbocycles. The third-order valence-corrected chi connectivity index (χ3v) is 2.63. The second-order valence-electron chi connectivity index (χ2n) is 3.63. The van der Waals surface area contributed by atoms with Crippen LogP contribution < -0.4 is 4.74 Å². The molecule has 0 aliphatic heterocycles. The maximum atomic E-state index is 13.7. The molecule has 0 amide bonds. The van der Waals surface area contributed by atoms with Gasteiger partial charge in [-0.15, -0.1) is 0 Å². The van der Waals surface area contributed by atoms with Crippen molar-refractivity contribution >= 4 is 17.6 Å². The fourth-order valence-electron chi connectivity index (χ4n) is 1.48. The highest BCUT2D eigenvalue weighted by Gasteiger charge is 2.18. The number of benzene rings is 1. The van der Waals surface area contributed by atoms with Gasteiger partial charge >= 0.3 is 5.97 Å². The van der Waals surface area contributed by atoms with E-state index in [1.807, 2.05) is 0 Å². The SMILES string of the molecule is Cc1nncc(Oc2cccc(Cl)c2F)c1C(=O)O. The van der Waals surface area contributed by atoms with Gasteiger partial charge in [-0.3, -0.25) is 0 Å². The molecule has 0 fully saturated rings. The first kappa shape index (κ1) is 13.2. The number of carboxylic acid groups (broad SMARTS) is 1. The second-order valence-corrected chi connectivity index (χ2v) is 4.04. The molecule has 5 nitrogen and oxygen atoms in total. The molecule has 0 aliphatic rings. The maximum Gasteiger partial charge on any atom is 0.341 e. The number of aromatic nitrogens is 2. The van der Waals surface area contributed by atoms with E-state index in [1.54, 1.807) is 0 Å². The van der Waals surface area contributed by atoms with Gasteiger partial charge < -0.3 is 9.84 Å². The van der Waals surface area contributed by atoms with E-state index in [4.69, 9.17) is 21.4 Å². The van der Waals surface area contributed by atoms with Gasteiger partial charge in [0.05, 0.1) is 16.9 Å². The van der Waals surface area contributed by atoms with E-state index in [1.165, 1.54) is 25.1 Å². The molecular formula is C12H8ClFN2O3. The summed E-state index contributed by atoms with van der Waals surface area (Å²) in [5.41, 5.74) is 0.00168. The minimum Gasteiger partial charge on any atom is -0.477 e. The zero-order valence-electron chi connectivity index (χ0n) is 9.72. The summed E-state index contributed by atoms with van der Waals surface area (Å²) in [6.07, 6.45) is 1.11. The lowest BCUT2D eigenvalue weighted by molar-refractivity contribution is 0.0692. The summed E-state index contributed by atoms with van der Waals surface area (Å²) in [7, 11) is 0. The summed E-state index contributed by atoms with van der Waals surface area (Å²) in [6.45, 7) is 1.47. The van der Waals surface area contributed by atoms with Crippen LogP contribution in [0.5, 0.6) is 11.5 Å². The molecule has 7 heteroatoms. The summed E-state index contributed by atoms with van der Waals surface area (Å²) >= 11 is 5.61. The largest absolute Gasteiger partial charge is 0.477 e. The van der Waals surface area contributed by atoms with Crippen molar-refractivity contribution in [3.05, 3.63) is 46.5 Å². The van der Waals surface area contributed by atoms with E-state index in [-0.39, 0.29) is 27.8 Å². The van der Waals surface area contributed by atoms with Gasteiger partial charge in [-0.25, -0.2) is 9.18 Å². The molecule has 2 rings (SSSR count). The third kappa shape index (κ3) is 2.63. The molecular weight excluding hydrogens is 275 g/mol. The van der Waals surface area contributed by atoms with Crippen LogP contribution in [-0.2, 0) is 0 Å². The lowest BCUT2D eigenvalue weighted by Crippen LogP contribution is -2.06. The molecule has 0 spiro atoms. The van der Waals surface area contributed by atoms with Crippen molar-refractivity contribution in [1.29, 1.82) is 0 Å². The maximum absolute atomic E-state index is 13.7. The molecule has 0 radical (unpaired) electrons. The zero-order valence-corrected chi connectivity index (χ0v) is 10.5. The Kier molecular flexibility index (Phi) is 3.62. The van der Waals surface area contributed by atoms with Gasteiger partial charge in [0.1, 0.15) is 5.56 Å². The summed E-state index contributed by atoms with van der Waals surface area (Å²) in [5, 5.41) is 16.2. The Hall–Kier alpha value is -2.21. The minimum atomic E-state index is -1.23. The molecule has 1 N–H and O–H groups in total. The van der Waals surface area contributed by atoms with Gasteiger partial charge in [-0.1, -0.05) is 17.7 Å². The predicted molar refractivity (Wildman–Crippen MR) is 65.2 cm³/mol. The summed E-state index contributed by atoms with van der Waals surface area (Å²) < 4.78 is 18.9. The number of carboxylic acids is 1. The van der Waals surface area contributed by atoms with Gasteiger partial charge in [0.25, 0.3) is 0 Å². The van der Waals surface area contributed by atoms with E-state index in [2.05, 4.69) is 10.2 Å². The minimum absolute atomic E-state index is 0.0961. The molecule has 0 saturated carbocycles. The second kappa shape index (κ2) is 5.19. The number of aryl methyl sites for hydroxylation is 1. The Morgan fingerprint density at radius 1 is 1.42 bits per heavy atom. The van der Waals surface area contributed by atoms with E-state index < -0.39 is 11.8 Å². The van der Waals surface area contributed by atoms with E-state index in [0.717, 1.165) is 6.20 Å². The van der Waals surface area contributed by atoms with Crippen molar-refractivity contribution < 1.29 is 19.0 Å². The number of nitrogens with zero attached hydrogens (tertiary/aromatic N) is 2. The van der Waals surface area contributed by atoms with Crippen molar-refractivity contribution in [2.24, 2.45) is 0 Å². The summed E-state index contributed by atoms with van der Waals surface area (Å²) in [4.78, 5) is 11.1. The van der Waals surface area contributed by atoms with Gasteiger partial charge in [0, 0.05) is 0 Å². The smallest absolute Gasteiger partial charge is 0.341 e. The number of rotatable bonds is 3. The number of carbonyl (C=O) groups is 1. The molecule has 2 aromatic rings. The number of halogens is 2. The molecule has 1 heterocycles. The van der Waals surface area contributed by atoms with Crippen LogP contribution in [0.3, 0.4) is 0 Å². The molecule has 1 aromatic heterocycles. The lowest BCUT2D eigenvalue weighted by atomic mass is 10.2. The Morgan fingerprint density at radius 2 is 2.16 bits per heavy atom. The average molecular weight is 283 g/mol. The molecule has 0 atom stereocenters. The zero-order chi connectivity index (χ0) is 14.0. The first-order chi connectivity index (χ1) is 9.00. The molecule has 0 unspecified atom stereocenters. The highest BCUT2D eigenvalue weighted by atomic mass is 35.5. The standard InChI is InChI=1S/C12H8ClFN2O3/c1-6-10(12(17)18)9(5-15-16-6)19-8-4-2-3-7(13)11(8)14/h2-5H,1H3,(H,17,18). The fourth-order valence-corrected chi connectivity index (χ4v) is 1.65. The summed E-state index contributed by atoms with van der Waals surface area (Å²) in [6, 6.07) is 4.18. The van der Waals surface area contributed by atoms with E-state index in [9.17, 15) is 9.18 Å². The normalized spacial score (nSPS) is 10.3. The van der Waals surface area contributed by atoms with Crippen molar-refractivity contribution in [1.82, 2.24) is 10.2 Å². The fraction of sp³-hybridized carbons (Fsp3) is 0.0833. The number of ether oxygens (including phenoxy) is 1. The van der Waals surface area contributed by atoms with Crippen LogP contribution in [-0.4, -0.2) is 21.3 Å². The van der Waals surface area contributed by atoms with Crippen molar-refractivity contribution in [2.45, 2.75) is 6.92 Å². The lowest BCUT2D eigenvalue weighted by Gasteiger charge is -2.10. The van der Waals surface area contributed by atoms with Crippen LogP contribution in [0.4, 0.5) is 4.39 Å². The Labute approximate surface area is 112 Å². The highest BCUT2D eigenvalue weighted by Crippen LogP contribution is 2.30. The molecule has 0 saturated heterocycles. The molecule has 19 heavy (non-hydrogen) atoms. The molecule has 0 bridgehead atoms. The average Bonchev–Trinajstić information content (AvgIpc) is 2.34.